The molecule has 0 aromatic carbocycles. The summed E-state index contributed by atoms with van der Waals surface area (Å²) in [6.45, 7) is 5.64. The summed E-state index contributed by atoms with van der Waals surface area (Å²) >= 11 is 1.75. The van der Waals surface area contributed by atoms with Crippen LogP contribution < -0.4 is 5.32 Å². The fourth-order valence-corrected chi connectivity index (χ4v) is 3.73. The highest BCUT2D eigenvalue weighted by Gasteiger charge is 2.29. The van der Waals surface area contributed by atoms with E-state index in [4.69, 9.17) is 0 Å². The van der Waals surface area contributed by atoms with E-state index >= 15 is 0 Å². The summed E-state index contributed by atoms with van der Waals surface area (Å²) in [6, 6.07) is 4.88. The molecule has 0 bridgehead atoms. The fraction of sp³-hybridized carbons (Fsp3) is 0.533. The molecule has 102 valence electrons. The third-order valence-corrected chi connectivity index (χ3v) is 5.39. The molecule has 2 aromatic heterocycles. The Morgan fingerprint density at radius 2 is 2.32 bits per heavy atom. The number of aromatic nitrogens is 2. The third-order valence-electron chi connectivity index (χ3n) is 4.51. The molecular formula is C15H21N3S. The molecule has 2 aromatic rings. The summed E-state index contributed by atoms with van der Waals surface area (Å²) < 4.78 is 0. The van der Waals surface area contributed by atoms with Crippen LogP contribution in [0, 0.1) is 11.8 Å². The number of hydrogen-bond donors (Lipinski definition) is 2. The van der Waals surface area contributed by atoms with Gasteiger partial charge in [-0.1, -0.05) is 19.9 Å². The van der Waals surface area contributed by atoms with Crippen LogP contribution in [0.5, 0.6) is 0 Å². The number of nitrogens with one attached hydrogen (secondary N) is 2. The molecule has 3 rings (SSSR count). The van der Waals surface area contributed by atoms with Gasteiger partial charge in [-0.2, -0.15) is 5.10 Å². The summed E-state index contributed by atoms with van der Waals surface area (Å²) in [6.07, 6.45) is 4.60. The van der Waals surface area contributed by atoms with E-state index in [1.54, 1.807) is 11.3 Å². The minimum atomic E-state index is 0.654. The van der Waals surface area contributed by atoms with Crippen LogP contribution in [-0.2, 0) is 6.54 Å². The van der Waals surface area contributed by atoms with E-state index in [-0.39, 0.29) is 0 Å². The van der Waals surface area contributed by atoms with Gasteiger partial charge in [-0.05, 0) is 36.1 Å². The van der Waals surface area contributed by atoms with Gasteiger partial charge in [0.05, 0.1) is 16.8 Å². The maximum absolute atomic E-state index is 4.20. The first kappa shape index (κ1) is 12.9. The second-order valence-electron chi connectivity index (χ2n) is 5.65. The zero-order valence-corrected chi connectivity index (χ0v) is 12.3. The number of aromatic amines is 1. The molecule has 1 fully saturated rings. The Bertz CT molecular complexity index is 517. The molecule has 0 spiro atoms. The molecule has 0 amide bonds. The average molecular weight is 275 g/mol. The van der Waals surface area contributed by atoms with E-state index in [0.717, 1.165) is 18.4 Å². The second-order valence-corrected chi connectivity index (χ2v) is 6.60. The van der Waals surface area contributed by atoms with Crippen LogP contribution in [0.25, 0.3) is 10.6 Å². The summed E-state index contributed by atoms with van der Waals surface area (Å²) in [7, 11) is 0. The van der Waals surface area contributed by atoms with E-state index in [2.05, 4.69) is 46.9 Å². The maximum Gasteiger partial charge on any atom is 0.0794 e. The Hall–Kier alpha value is -1.13. The van der Waals surface area contributed by atoms with Crippen molar-refractivity contribution in [3.63, 3.8) is 0 Å². The van der Waals surface area contributed by atoms with Gasteiger partial charge < -0.3 is 5.32 Å². The van der Waals surface area contributed by atoms with Crippen LogP contribution in [-0.4, -0.2) is 16.2 Å². The zero-order chi connectivity index (χ0) is 13.2. The van der Waals surface area contributed by atoms with Gasteiger partial charge in [0.1, 0.15) is 0 Å². The lowest BCUT2D eigenvalue weighted by atomic mass is 9.98. The summed E-state index contributed by atoms with van der Waals surface area (Å²) in [5, 5.41) is 13.1. The molecule has 3 atom stereocenters. The van der Waals surface area contributed by atoms with Gasteiger partial charge in [-0.25, -0.2) is 0 Å². The molecule has 4 heteroatoms. The zero-order valence-electron chi connectivity index (χ0n) is 11.5. The van der Waals surface area contributed by atoms with Crippen LogP contribution in [0.1, 0.15) is 32.3 Å². The Labute approximate surface area is 118 Å². The van der Waals surface area contributed by atoms with Crippen molar-refractivity contribution in [2.45, 2.75) is 39.3 Å². The van der Waals surface area contributed by atoms with E-state index in [1.165, 1.54) is 29.0 Å². The molecule has 0 saturated heterocycles. The molecule has 19 heavy (non-hydrogen) atoms. The van der Waals surface area contributed by atoms with Gasteiger partial charge in [0.25, 0.3) is 0 Å². The van der Waals surface area contributed by atoms with Crippen molar-refractivity contribution in [3.8, 4) is 10.6 Å². The van der Waals surface area contributed by atoms with E-state index < -0.39 is 0 Å². The van der Waals surface area contributed by atoms with Crippen LogP contribution in [0.3, 0.4) is 0 Å². The van der Waals surface area contributed by atoms with E-state index in [0.29, 0.717) is 6.04 Å². The highest BCUT2D eigenvalue weighted by Crippen LogP contribution is 2.32. The molecule has 3 unspecified atom stereocenters. The smallest absolute Gasteiger partial charge is 0.0794 e. The predicted molar refractivity (Wildman–Crippen MR) is 80.1 cm³/mol. The lowest BCUT2D eigenvalue weighted by molar-refractivity contribution is 0.370. The van der Waals surface area contributed by atoms with Crippen LogP contribution in [0.2, 0.25) is 0 Å². The molecule has 1 aliphatic carbocycles. The SMILES string of the molecule is CC1CCC(NCc2cn[nH]c2-c2cccs2)C1C. The number of nitrogens with zero attached hydrogens (tertiary/aromatic N) is 1. The van der Waals surface area contributed by atoms with Crippen molar-refractivity contribution in [2.75, 3.05) is 0 Å². The summed E-state index contributed by atoms with van der Waals surface area (Å²) in [5.74, 6) is 1.62. The van der Waals surface area contributed by atoms with Crippen molar-refractivity contribution in [2.24, 2.45) is 11.8 Å². The van der Waals surface area contributed by atoms with Crippen molar-refractivity contribution < 1.29 is 0 Å². The normalized spacial score (nSPS) is 26.9. The first-order valence-corrected chi connectivity index (χ1v) is 7.93. The highest BCUT2D eigenvalue weighted by atomic mass is 32.1. The molecule has 0 radical (unpaired) electrons. The Balaban J connectivity index is 1.67. The Morgan fingerprint density at radius 1 is 1.42 bits per heavy atom. The number of hydrogen-bond acceptors (Lipinski definition) is 3. The molecular weight excluding hydrogens is 254 g/mol. The number of thiophene rings is 1. The van der Waals surface area contributed by atoms with Gasteiger partial charge in [0.2, 0.25) is 0 Å². The van der Waals surface area contributed by atoms with Crippen LogP contribution in [0.4, 0.5) is 0 Å². The lowest BCUT2D eigenvalue weighted by Crippen LogP contribution is -2.31. The van der Waals surface area contributed by atoms with E-state index in [1.807, 2.05) is 6.20 Å². The largest absolute Gasteiger partial charge is 0.310 e. The molecule has 2 heterocycles. The summed E-state index contributed by atoms with van der Waals surface area (Å²) in [5.41, 5.74) is 2.44. The molecule has 1 saturated carbocycles. The lowest BCUT2D eigenvalue weighted by Gasteiger charge is -2.19. The monoisotopic (exact) mass is 275 g/mol. The standard InChI is InChI=1S/C15H21N3S/c1-10-5-6-13(11(10)2)16-8-12-9-17-18-15(12)14-4-3-7-19-14/h3-4,7,9-11,13,16H,5-6,8H2,1-2H3,(H,17,18). The minimum absolute atomic E-state index is 0.654. The Kier molecular flexibility index (Phi) is 3.71. The maximum atomic E-state index is 4.20. The molecule has 2 N–H and O–H groups in total. The minimum Gasteiger partial charge on any atom is -0.310 e. The molecule has 3 nitrogen and oxygen atoms in total. The van der Waals surface area contributed by atoms with Gasteiger partial charge in [0, 0.05) is 18.2 Å². The van der Waals surface area contributed by atoms with Gasteiger partial charge in [0.15, 0.2) is 0 Å². The van der Waals surface area contributed by atoms with Crippen molar-refractivity contribution in [1.29, 1.82) is 0 Å². The van der Waals surface area contributed by atoms with Gasteiger partial charge >= 0.3 is 0 Å². The number of rotatable bonds is 4. The number of H-pyrrole nitrogens is 1. The second kappa shape index (κ2) is 5.47. The van der Waals surface area contributed by atoms with Crippen molar-refractivity contribution >= 4 is 11.3 Å². The van der Waals surface area contributed by atoms with Gasteiger partial charge in [-0.15, -0.1) is 11.3 Å². The topological polar surface area (TPSA) is 40.7 Å². The van der Waals surface area contributed by atoms with Crippen molar-refractivity contribution in [3.05, 3.63) is 29.3 Å². The highest BCUT2D eigenvalue weighted by molar-refractivity contribution is 7.13. The molecule has 1 aliphatic rings. The fourth-order valence-electron chi connectivity index (χ4n) is 2.97. The first-order chi connectivity index (χ1) is 9.25. The Morgan fingerprint density at radius 3 is 3.00 bits per heavy atom. The average Bonchev–Trinajstić information content (AvgIpc) is 3.11. The first-order valence-electron chi connectivity index (χ1n) is 7.05. The van der Waals surface area contributed by atoms with Gasteiger partial charge in [-0.3, -0.25) is 5.10 Å². The molecule has 0 aliphatic heterocycles. The van der Waals surface area contributed by atoms with E-state index in [9.17, 15) is 0 Å². The summed E-state index contributed by atoms with van der Waals surface area (Å²) in [4.78, 5) is 1.27. The quantitative estimate of drug-likeness (QED) is 0.894. The van der Waals surface area contributed by atoms with Crippen molar-refractivity contribution in [1.82, 2.24) is 15.5 Å². The third kappa shape index (κ3) is 2.60. The predicted octanol–water partition coefficient (Wildman–Crippen LogP) is 3.66. The van der Waals surface area contributed by atoms with Crippen LogP contribution in [0.15, 0.2) is 23.7 Å². The van der Waals surface area contributed by atoms with Crippen LogP contribution >= 0.6 is 11.3 Å².